The van der Waals surface area contributed by atoms with E-state index in [1.807, 2.05) is 24.3 Å². The van der Waals surface area contributed by atoms with Crippen LogP contribution < -0.4 is 15.2 Å². The third kappa shape index (κ3) is 4.28. The highest BCUT2D eigenvalue weighted by atomic mass is 19.4. The third-order valence-electron chi connectivity index (χ3n) is 5.95. The van der Waals surface area contributed by atoms with Gasteiger partial charge in [0.2, 0.25) is 0 Å². The standard InChI is InChI=1S/C24H22F3N3O2/c1-29-21-5-3-2-4-19(21)22(20(14-28)23(29)31)30-12-10-17(11-13-30)16-6-8-18(9-7-16)32-15-24(25,26)27/h2-9,17H,10-13,15H2,1H3. The lowest BCUT2D eigenvalue weighted by atomic mass is 9.89. The molecule has 1 fully saturated rings. The minimum absolute atomic E-state index is 0.149. The number of pyridine rings is 1. The summed E-state index contributed by atoms with van der Waals surface area (Å²) in [6, 6.07) is 16.4. The van der Waals surface area contributed by atoms with E-state index in [0.29, 0.717) is 18.8 Å². The molecule has 2 heterocycles. The summed E-state index contributed by atoms with van der Waals surface area (Å²) in [5.74, 6) is 0.431. The maximum Gasteiger partial charge on any atom is 0.422 e. The first kappa shape index (κ1) is 21.8. The lowest BCUT2D eigenvalue weighted by molar-refractivity contribution is -0.153. The van der Waals surface area contributed by atoms with Crippen molar-refractivity contribution in [3.05, 3.63) is 70.0 Å². The average Bonchev–Trinajstić information content (AvgIpc) is 2.80. The predicted octanol–water partition coefficient (Wildman–Crippen LogP) is 4.74. The van der Waals surface area contributed by atoms with Crippen LogP contribution in [0.25, 0.3) is 10.9 Å². The van der Waals surface area contributed by atoms with Gasteiger partial charge in [-0.15, -0.1) is 0 Å². The number of rotatable bonds is 4. The Morgan fingerprint density at radius 2 is 1.75 bits per heavy atom. The van der Waals surface area contributed by atoms with Crippen molar-refractivity contribution in [2.24, 2.45) is 7.05 Å². The summed E-state index contributed by atoms with van der Waals surface area (Å²) < 4.78 is 43.2. The van der Waals surface area contributed by atoms with Gasteiger partial charge in [-0.05, 0) is 42.5 Å². The normalized spacial score (nSPS) is 15.0. The van der Waals surface area contributed by atoms with Crippen LogP contribution in [0.15, 0.2) is 53.3 Å². The molecule has 166 valence electrons. The number of fused-ring (bicyclic) bond motifs is 1. The summed E-state index contributed by atoms with van der Waals surface area (Å²) >= 11 is 0. The van der Waals surface area contributed by atoms with Crippen LogP contribution in [0.5, 0.6) is 5.75 Å². The van der Waals surface area contributed by atoms with Gasteiger partial charge in [-0.1, -0.05) is 30.3 Å². The number of aromatic nitrogens is 1. The second-order valence-electron chi connectivity index (χ2n) is 7.95. The highest BCUT2D eigenvalue weighted by Crippen LogP contribution is 2.35. The second kappa shape index (κ2) is 8.58. The van der Waals surface area contributed by atoms with E-state index in [-0.39, 0.29) is 22.8 Å². The van der Waals surface area contributed by atoms with Crippen LogP contribution in [-0.2, 0) is 7.05 Å². The molecule has 0 aliphatic carbocycles. The first-order valence-electron chi connectivity index (χ1n) is 10.3. The van der Waals surface area contributed by atoms with Crippen molar-refractivity contribution in [1.29, 1.82) is 5.26 Å². The summed E-state index contributed by atoms with van der Waals surface area (Å²) in [7, 11) is 1.67. The molecular weight excluding hydrogens is 419 g/mol. The minimum atomic E-state index is -4.36. The summed E-state index contributed by atoms with van der Waals surface area (Å²) in [6.07, 6.45) is -2.76. The van der Waals surface area contributed by atoms with E-state index in [2.05, 4.69) is 11.0 Å². The lowest BCUT2D eigenvalue weighted by Crippen LogP contribution is -2.35. The summed E-state index contributed by atoms with van der Waals surface area (Å²) in [5.41, 5.74) is 2.34. The quantitative estimate of drug-likeness (QED) is 0.587. The Labute approximate surface area is 183 Å². The molecule has 32 heavy (non-hydrogen) atoms. The van der Waals surface area contributed by atoms with Gasteiger partial charge in [-0.2, -0.15) is 18.4 Å². The number of ether oxygens (including phenoxy) is 1. The molecule has 0 atom stereocenters. The molecule has 0 N–H and O–H groups in total. The third-order valence-corrected chi connectivity index (χ3v) is 5.95. The molecule has 0 unspecified atom stereocenters. The van der Waals surface area contributed by atoms with Gasteiger partial charge in [0, 0.05) is 25.5 Å². The molecular formula is C24H22F3N3O2. The Hall–Kier alpha value is -3.47. The second-order valence-corrected chi connectivity index (χ2v) is 7.95. The van der Waals surface area contributed by atoms with E-state index in [1.54, 1.807) is 31.3 Å². The molecule has 5 nitrogen and oxygen atoms in total. The molecule has 0 spiro atoms. The van der Waals surface area contributed by atoms with Gasteiger partial charge in [-0.3, -0.25) is 4.79 Å². The van der Waals surface area contributed by atoms with E-state index < -0.39 is 12.8 Å². The Bertz CT molecular complexity index is 1220. The molecule has 1 aliphatic rings. The van der Waals surface area contributed by atoms with Crippen molar-refractivity contribution >= 4 is 16.6 Å². The zero-order valence-corrected chi connectivity index (χ0v) is 17.5. The van der Waals surface area contributed by atoms with Crippen molar-refractivity contribution in [2.75, 3.05) is 24.6 Å². The number of para-hydroxylation sites is 1. The largest absolute Gasteiger partial charge is 0.484 e. The van der Waals surface area contributed by atoms with Gasteiger partial charge >= 0.3 is 6.18 Å². The number of nitriles is 1. The number of nitrogens with zero attached hydrogens (tertiary/aromatic N) is 3. The van der Waals surface area contributed by atoms with Crippen LogP contribution in [0.1, 0.15) is 29.9 Å². The molecule has 0 amide bonds. The number of hydrogen-bond donors (Lipinski definition) is 0. The molecule has 4 rings (SSSR count). The predicted molar refractivity (Wildman–Crippen MR) is 116 cm³/mol. The van der Waals surface area contributed by atoms with Crippen LogP contribution in [0, 0.1) is 11.3 Å². The van der Waals surface area contributed by atoms with Crippen molar-refractivity contribution in [3.8, 4) is 11.8 Å². The van der Waals surface area contributed by atoms with Crippen molar-refractivity contribution in [1.82, 2.24) is 4.57 Å². The SMILES string of the molecule is Cn1c(=O)c(C#N)c(N2CCC(c3ccc(OCC(F)(F)F)cc3)CC2)c2ccccc21. The first-order chi connectivity index (χ1) is 15.3. The maximum atomic E-state index is 12.7. The number of anilines is 1. The number of hydrogen-bond acceptors (Lipinski definition) is 4. The van der Waals surface area contributed by atoms with E-state index in [0.717, 1.165) is 29.3 Å². The summed E-state index contributed by atoms with van der Waals surface area (Å²) in [5, 5.41) is 10.6. The Morgan fingerprint density at radius 1 is 1.09 bits per heavy atom. The molecule has 8 heteroatoms. The fraction of sp³-hybridized carbons (Fsp3) is 0.333. The zero-order valence-electron chi connectivity index (χ0n) is 17.5. The van der Waals surface area contributed by atoms with Gasteiger partial charge in [0.15, 0.2) is 6.61 Å². The van der Waals surface area contributed by atoms with E-state index in [9.17, 15) is 23.2 Å². The van der Waals surface area contributed by atoms with Gasteiger partial charge < -0.3 is 14.2 Å². The molecule has 0 bridgehead atoms. The summed E-state index contributed by atoms with van der Waals surface area (Å²) in [4.78, 5) is 14.8. The molecule has 0 radical (unpaired) electrons. The highest BCUT2D eigenvalue weighted by Gasteiger charge is 2.29. The van der Waals surface area contributed by atoms with Crippen molar-refractivity contribution in [3.63, 3.8) is 0 Å². The monoisotopic (exact) mass is 441 g/mol. The van der Waals surface area contributed by atoms with Gasteiger partial charge in [-0.25, -0.2) is 0 Å². The van der Waals surface area contributed by atoms with Crippen molar-refractivity contribution in [2.45, 2.75) is 24.9 Å². The van der Waals surface area contributed by atoms with E-state index >= 15 is 0 Å². The van der Waals surface area contributed by atoms with Gasteiger partial charge in [0.1, 0.15) is 17.4 Å². The molecule has 1 aliphatic heterocycles. The Morgan fingerprint density at radius 3 is 2.38 bits per heavy atom. The number of alkyl halides is 3. The van der Waals surface area contributed by atoms with Crippen LogP contribution in [0.2, 0.25) is 0 Å². The number of halogens is 3. The number of piperidine rings is 1. The number of benzene rings is 2. The van der Waals surface area contributed by atoms with Gasteiger partial charge in [0.05, 0.1) is 11.2 Å². The zero-order chi connectivity index (χ0) is 22.9. The average molecular weight is 441 g/mol. The topological polar surface area (TPSA) is 58.3 Å². The number of aryl methyl sites for hydroxylation is 1. The molecule has 0 saturated carbocycles. The van der Waals surface area contributed by atoms with Crippen LogP contribution >= 0.6 is 0 Å². The summed E-state index contributed by atoms with van der Waals surface area (Å²) in [6.45, 7) is 0.0299. The van der Waals surface area contributed by atoms with Crippen LogP contribution in [0.4, 0.5) is 18.9 Å². The van der Waals surface area contributed by atoms with Crippen LogP contribution in [0.3, 0.4) is 0 Å². The highest BCUT2D eigenvalue weighted by molar-refractivity contribution is 5.94. The van der Waals surface area contributed by atoms with Crippen molar-refractivity contribution < 1.29 is 17.9 Å². The van der Waals surface area contributed by atoms with E-state index in [1.165, 1.54) is 4.57 Å². The minimum Gasteiger partial charge on any atom is -0.484 e. The first-order valence-corrected chi connectivity index (χ1v) is 10.3. The molecule has 1 saturated heterocycles. The Balaban J connectivity index is 1.53. The molecule has 1 aromatic heterocycles. The Kier molecular flexibility index (Phi) is 5.83. The smallest absolute Gasteiger partial charge is 0.422 e. The fourth-order valence-corrected chi connectivity index (χ4v) is 4.35. The lowest BCUT2D eigenvalue weighted by Gasteiger charge is -2.35. The molecule has 2 aromatic carbocycles. The van der Waals surface area contributed by atoms with E-state index in [4.69, 9.17) is 4.74 Å². The van der Waals surface area contributed by atoms with Crippen LogP contribution in [-0.4, -0.2) is 30.4 Å². The maximum absolute atomic E-state index is 12.7. The van der Waals surface area contributed by atoms with Gasteiger partial charge in [0.25, 0.3) is 5.56 Å². The molecule has 3 aromatic rings. The fourth-order valence-electron chi connectivity index (χ4n) is 4.35.